The molecule has 0 amide bonds. The van der Waals surface area contributed by atoms with Crippen LogP contribution < -0.4 is 10.5 Å². The first-order valence-electron chi connectivity index (χ1n) is 5.75. The molecule has 0 aliphatic carbocycles. The van der Waals surface area contributed by atoms with E-state index in [1.807, 2.05) is 37.3 Å². The van der Waals surface area contributed by atoms with Crippen LogP contribution in [0.4, 0.5) is 0 Å². The van der Waals surface area contributed by atoms with Gasteiger partial charge in [-0.25, -0.2) is 4.98 Å². The Kier molecular flexibility index (Phi) is 4.16. The molecule has 0 aliphatic rings. The molecule has 2 aromatic rings. The second kappa shape index (κ2) is 5.84. The van der Waals surface area contributed by atoms with Crippen LogP contribution in [0.2, 0.25) is 0 Å². The van der Waals surface area contributed by atoms with Gasteiger partial charge in [-0.05, 0) is 36.8 Å². The number of aryl methyl sites for hydroxylation is 1. The molecule has 1 aromatic carbocycles. The fraction of sp³-hybridized carbons (Fsp3) is 0.143. The highest BCUT2D eigenvalue weighted by atomic mass is 79.9. The minimum Gasteiger partial charge on any atom is -0.472 e. The zero-order valence-corrected chi connectivity index (χ0v) is 12.1. The number of rotatable bonds is 4. The fourth-order valence-corrected chi connectivity index (χ4v) is 1.84. The average Bonchev–Trinajstić information content (AvgIpc) is 2.38. The van der Waals surface area contributed by atoms with Gasteiger partial charge in [-0.2, -0.15) is 0 Å². The van der Waals surface area contributed by atoms with Gasteiger partial charge >= 0.3 is 0 Å². The molecule has 1 aromatic heterocycles. The maximum absolute atomic E-state index is 7.51. The van der Waals surface area contributed by atoms with Gasteiger partial charge in [0.2, 0.25) is 5.88 Å². The number of halogens is 1. The summed E-state index contributed by atoms with van der Waals surface area (Å²) in [4.78, 5) is 4.27. The predicted octanol–water partition coefficient (Wildman–Crippen LogP) is 3.02. The minimum absolute atomic E-state index is 0.0432. The Balaban J connectivity index is 2.16. The molecular weight excluding hydrogens is 306 g/mol. The van der Waals surface area contributed by atoms with Gasteiger partial charge in [-0.1, -0.05) is 28.1 Å². The smallest absolute Gasteiger partial charge is 0.225 e. The Labute approximate surface area is 120 Å². The molecule has 0 fully saturated rings. The van der Waals surface area contributed by atoms with Gasteiger partial charge in [0.25, 0.3) is 0 Å². The molecule has 19 heavy (non-hydrogen) atoms. The summed E-state index contributed by atoms with van der Waals surface area (Å²) in [6.07, 6.45) is 0. The van der Waals surface area contributed by atoms with Crippen LogP contribution in [0, 0.1) is 12.3 Å². The van der Waals surface area contributed by atoms with E-state index in [4.69, 9.17) is 15.9 Å². The summed E-state index contributed by atoms with van der Waals surface area (Å²) in [5.41, 5.74) is 7.89. The number of nitrogen functional groups attached to an aromatic ring is 1. The fourth-order valence-electron chi connectivity index (χ4n) is 1.58. The molecule has 1 heterocycles. The van der Waals surface area contributed by atoms with Crippen molar-refractivity contribution in [1.82, 2.24) is 4.98 Å². The van der Waals surface area contributed by atoms with Gasteiger partial charge in [0.1, 0.15) is 12.4 Å². The van der Waals surface area contributed by atoms with Crippen LogP contribution in [-0.4, -0.2) is 10.8 Å². The van der Waals surface area contributed by atoms with Gasteiger partial charge in [0.15, 0.2) is 0 Å². The molecule has 3 N–H and O–H groups in total. The van der Waals surface area contributed by atoms with E-state index in [-0.39, 0.29) is 5.84 Å². The van der Waals surface area contributed by atoms with E-state index in [1.54, 1.807) is 6.07 Å². The molecule has 4 nitrogen and oxygen atoms in total. The van der Waals surface area contributed by atoms with Crippen LogP contribution in [0.1, 0.15) is 16.8 Å². The molecule has 0 unspecified atom stereocenters. The Morgan fingerprint density at radius 2 is 1.95 bits per heavy atom. The first kappa shape index (κ1) is 13.5. The van der Waals surface area contributed by atoms with Gasteiger partial charge in [0.05, 0.1) is 5.56 Å². The Morgan fingerprint density at radius 1 is 1.26 bits per heavy atom. The van der Waals surface area contributed by atoms with Crippen LogP contribution in [0.3, 0.4) is 0 Å². The van der Waals surface area contributed by atoms with Crippen molar-refractivity contribution in [3.63, 3.8) is 0 Å². The molecule has 5 heteroatoms. The van der Waals surface area contributed by atoms with Crippen molar-refractivity contribution in [2.24, 2.45) is 5.73 Å². The molecular formula is C14H14BrN3O. The van der Waals surface area contributed by atoms with E-state index in [0.717, 1.165) is 15.7 Å². The highest BCUT2D eigenvalue weighted by Gasteiger charge is 2.09. The normalized spacial score (nSPS) is 10.2. The summed E-state index contributed by atoms with van der Waals surface area (Å²) in [7, 11) is 0. The highest BCUT2D eigenvalue weighted by molar-refractivity contribution is 9.10. The van der Waals surface area contributed by atoms with Crippen LogP contribution in [0.15, 0.2) is 40.9 Å². The first-order valence-corrected chi connectivity index (χ1v) is 6.55. The lowest BCUT2D eigenvalue weighted by Gasteiger charge is -2.10. The number of hydrogen-bond donors (Lipinski definition) is 2. The first-order chi connectivity index (χ1) is 9.06. The lowest BCUT2D eigenvalue weighted by Crippen LogP contribution is -2.14. The summed E-state index contributed by atoms with van der Waals surface area (Å²) in [5, 5.41) is 7.51. The van der Waals surface area contributed by atoms with E-state index < -0.39 is 0 Å². The van der Waals surface area contributed by atoms with Crippen molar-refractivity contribution < 1.29 is 4.74 Å². The van der Waals surface area contributed by atoms with E-state index in [9.17, 15) is 0 Å². The maximum atomic E-state index is 7.51. The number of nitrogens with one attached hydrogen (secondary N) is 1. The van der Waals surface area contributed by atoms with Crippen LogP contribution in [-0.2, 0) is 6.61 Å². The Morgan fingerprint density at radius 3 is 2.58 bits per heavy atom. The topological polar surface area (TPSA) is 72.0 Å². The van der Waals surface area contributed by atoms with Gasteiger partial charge in [-0.3, -0.25) is 5.41 Å². The van der Waals surface area contributed by atoms with E-state index in [0.29, 0.717) is 18.1 Å². The van der Waals surface area contributed by atoms with E-state index in [1.165, 1.54) is 0 Å². The predicted molar refractivity (Wildman–Crippen MR) is 78.5 cm³/mol. The lowest BCUT2D eigenvalue weighted by molar-refractivity contribution is 0.292. The number of nitrogens with two attached hydrogens (primary N) is 1. The van der Waals surface area contributed by atoms with E-state index >= 15 is 0 Å². The maximum Gasteiger partial charge on any atom is 0.225 e. The third kappa shape index (κ3) is 3.54. The molecule has 0 atom stereocenters. The summed E-state index contributed by atoms with van der Waals surface area (Å²) < 4.78 is 6.68. The van der Waals surface area contributed by atoms with E-state index in [2.05, 4.69) is 20.9 Å². The molecule has 0 saturated carbocycles. The lowest BCUT2D eigenvalue weighted by atomic mass is 10.2. The van der Waals surface area contributed by atoms with Crippen molar-refractivity contribution in [3.8, 4) is 5.88 Å². The number of aromatic nitrogens is 1. The molecule has 2 rings (SSSR count). The zero-order valence-electron chi connectivity index (χ0n) is 10.5. The summed E-state index contributed by atoms with van der Waals surface area (Å²) in [6, 6.07) is 11.4. The highest BCUT2D eigenvalue weighted by Crippen LogP contribution is 2.18. The SMILES string of the molecule is Cc1ccc(C(=N)N)c(OCc2ccc(Br)cc2)n1. The number of amidine groups is 1. The van der Waals surface area contributed by atoms with Gasteiger partial charge in [0, 0.05) is 10.2 Å². The molecule has 98 valence electrons. The molecule has 0 radical (unpaired) electrons. The monoisotopic (exact) mass is 319 g/mol. The van der Waals surface area contributed by atoms with Crippen molar-refractivity contribution in [2.75, 3.05) is 0 Å². The third-order valence-corrected chi connectivity index (χ3v) is 3.11. The molecule has 0 saturated heterocycles. The molecule has 0 bridgehead atoms. The second-order valence-corrected chi connectivity index (χ2v) is 5.05. The molecule has 0 spiro atoms. The van der Waals surface area contributed by atoms with Gasteiger partial charge < -0.3 is 10.5 Å². The van der Waals surface area contributed by atoms with Crippen molar-refractivity contribution in [1.29, 1.82) is 5.41 Å². The van der Waals surface area contributed by atoms with Crippen molar-refractivity contribution >= 4 is 21.8 Å². The summed E-state index contributed by atoms with van der Waals surface area (Å²) in [5.74, 6) is 0.355. The standard InChI is InChI=1S/C14H14BrN3O/c1-9-2-7-12(13(16)17)14(18-9)19-8-10-3-5-11(15)6-4-10/h2-7H,8H2,1H3,(H3,16,17). The zero-order chi connectivity index (χ0) is 13.8. The Hall–Kier alpha value is -1.88. The summed E-state index contributed by atoms with van der Waals surface area (Å²) in [6.45, 7) is 2.26. The van der Waals surface area contributed by atoms with Gasteiger partial charge in [-0.15, -0.1) is 0 Å². The third-order valence-electron chi connectivity index (χ3n) is 2.58. The number of ether oxygens (including phenoxy) is 1. The number of nitrogens with zero attached hydrogens (tertiary/aromatic N) is 1. The quantitative estimate of drug-likeness (QED) is 0.672. The van der Waals surface area contributed by atoms with Crippen molar-refractivity contribution in [2.45, 2.75) is 13.5 Å². The number of pyridine rings is 1. The van der Waals surface area contributed by atoms with Crippen LogP contribution in [0.5, 0.6) is 5.88 Å². The largest absolute Gasteiger partial charge is 0.472 e. The Bertz CT molecular complexity index is 596. The number of hydrogen-bond acceptors (Lipinski definition) is 3. The molecule has 0 aliphatic heterocycles. The second-order valence-electron chi connectivity index (χ2n) is 4.13. The summed E-state index contributed by atoms with van der Waals surface area (Å²) >= 11 is 3.38. The van der Waals surface area contributed by atoms with Crippen molar-refractivity contribution in [3.05, 3.63) is 57.7 Å². The average molecular weight is 320 g/mol. The number of benzene rings is 1. The minimum atomic E-state index is -0.0432. The van der Waals surface area contributed by atoms with Crippen LogP contribution in [0.25, 0.3) is 0 Å². The van der Waals surface area contributed by atoms with Crippen LogP contribution >= 0.6 is 15.9 Å².